The van der Waals surface area contributed by atoms with Crippen molar-refractivity contribution in [2.24, 2.45) is 5.92 Å². The maximum absolute atomic E-state index is 12.6. The van der Waals surface area contributed by atoms with Crippen LogP contribution < -0.4 is 5.32 Å². The average Bonchev–Trinajstić information content (AvgIpc) is 2.84. The van der Waals surface area contributed by atoms with Crippen LogP contribution in [0.2, 0.25) is 0 Å². The van der Waals surface area contributed by atoms with E-state index in [2.05, 4.69) is 40.5 Å². The molecule has 3 nitrogen and oxygen atoms in total. The van der Waals surface area contributed by atoms with Gasteiger partial charge in [-0.3, -0.25) is 4.79 Å². The summed E-state index contributed by atoms with van der Waals surface area (Å²) >= 11 is 0. The van der Waals surface area contributed by atoms with Crippen molar-refractivity contribution in [2.75, 3.05) is 26.2 Å². The fourth-order valence-electron chi connectivity index (χ4n) is 3.72. The maximum Gasteiger partial charge on any atom is 0.225 e. The van der Waals surface area contributed by atoms with Crippen molar-refractivity contribution in [1.82, 2.24) is 10.2 Å². The van der Waals surface area contributed by atoms with Gasteiger partial charge in [-0.25, -0.2) is 0 Å². The lowest BCUT2D eigenvalue weighted by Gasteiger charge is -2.31. The summed E-state index contributed by atoms with van der Waals surface area (Å²) < 4.78 is 0. The van der Waals surface area contributed by atoms with Crippen molar-refractivity contribution in [3.05, 3.63) is 35.9 Å². The van der Waals surface area contributed by atoms with E-state index >= 15 is 0 Å². The first-order valence-electron chi connectivity index (χ1n) is 8.39. The van der Waals surface area contributed by atoms with Crippen molar-refractivity contribution in [1.29, 1.82) is 0 Å². The second-order valence-corrected chi connectivity index (χ2v) is 6.39. The Labute approximate surface area is 127 Å². The van der Waals surface area contributed by atoms with E-state index in [1.165, 1.54) is 5.56 Å². The van der Waals surface area contributed by atoms with Gasteiger partial charge in [0.1, 0.15) is 0 Å². The molecule has 3 rings (SSSR count). The molecule has 1 saturated heterocycles. The molecule has 1 N–H and O–H groups in total. The molecule has 0 radical (unpaired) electrons. The molecule has 2 aliphatic rings. The third kappa shape index (κ3) is 3.65. The molecule has 1 heterocycles. The van der Waals surface area contributed by atoms with E-state index in [0.717, 1.165) is 58.3 Å². The van der Waals surface area contributed by atoms with Gasteiger partial charge in [-0.2, -0.15) is 0 Å². The fraction of sp³-hybridized carbons (Fsp3) is 0.611. The molecule has 0 atom stereocenters. The Bertz CT molecular complexity index is 444. The monoisotopic (exact) mass is 286 g/mol. The number of carbonyl (C=O) groups is 1. The lowest BCUT2D eigenvalue weighted by Crippen LogP contribution is -2.39. The molecule has 21 heavy (non-hydrogen) atoms. The van der Waals surface area contributed by atoms with Gasteiger partial charge < -0.3 is 10.2 Å². The minimum absolute atomic E-state index is 0.267. The number of hydrogen-bond acceptors (Lipinski definition) is 2. The molecule has 0 spiro atoms. The zero-order valence-corrected chi connectivity index (χ0v) is 12.8. The van der Waals surface area contributed by atoms with Gasteiger partial charge in [0.15, 0.2) is 0 Å². The predicted molar refractivity (Wildman–Crippen MR) is 85.2 cm³/mol. The van der Waals surface area contributed by atoms with E-state index in [9.17, 15) is 4.79 Å². The molecule has 1 aliphatic carbocycles. The number of nitrogens with zero attached hydrogens (tertiary/aromatic N) is 1. The predicted octanol–water partition coefficient (Wildman–Crippen LogP) is 2.78. The van der Waals surface area contributed by atoms with Gasteiger partial charge in [0, 0.05) is 25.6 Å². The van der Waals surface area contributed by atoms with E-state index in [4.69, 9.17) is 0 Å². The number of benzene rings is 1. The molecule has 1 aromatic carbocycles. The normalized spacial score (nSPS) is 27.1. The van der Waals surface area contributed by atoms with Crippen molar-refractivity contribution in [3.8, 4) is 0 Å². The van der Waals surface area contributed by atoms with Crippen LogP contribution in [0.3, 0.4) is 0 Å². The summed E-state index contributed by atoms with van der Waals surface area (Å²) in [4.78, 5) is 14.7. The summed E-state index contributed by atoms with van der Waals surface area (Å²) in [6, 6.07) is 10.8. The summed E-state index contributed by atoms with van der Waals surface area (Å²) in [6.45, 7) is 3.82. The second-order valence-electron chi connectivity index (χ2n) is 6.39. The number of hydrogen-bond donors (Lipinski definition) is 1. The largest absolute Gasteiger partial charge is 0.341 e. The molecule has 1 amide bonds. The van der Waals surface area contributed by atoms with E-state index in [1.807, 2.05) is 0 Å². The number of rotatable bonds is 2. The summed E-state index contributed by atoms with van der Waals surface area (Å²) in [7, 11) is 0. The first kappa shape index (κ1) is 14.6. The molecule has 0 bridgehead atoms. The van der Waals surface area contributed by atoms with Crippen LogP contribution in [-0.4, -0.2) is 37.0 Å². The highest BCUT2D eigenvalue weighted by Gasteiger charge is 2.30. The molecular formula is C18H26N2O. The quantitative estimate of drug-likeness (QED) is 0.906. The lowest BCUT2D eigenvalue weighted by atomic mass is 9.78. The summed E-state index contributed by atoms with van der Waals surface area (Å²) in [5, 5.41) is 3.37. The standard InChI is InChI=1S/C18H26N2O/c21-18(20-13-4-11-19-12-14-20)17-9-7-16(8-10-17)15-5-2-1-3-6-15/h1-3,5-6,16-17,19H,4,7-14H2. The van der Waals surface area contributed by atoms with Crippen LogP contribution in [0.5, 0.6) is 0 Å². The molecule has 2 fully saturated rings. The molecule has 114 valence electrons. The Kier molecular flexibility index (Phi) is 4.91. The molecule has 0 unspecified atom stereocenters. The maximum atomic E-state index is 12.6. The van der Waals surface area contributed by atoms with Crippen molar-refractivity contribution < 1.29 is 4.79 Å². The number of carbonyl (C=O) groups excluding carboxylic acids is 1. The summed E-state index contributed by atoms with van der Waals surface area (Å²) in [5.41, 5.74) is 1.45. The Hall–Kier alpha value is -1.35. The van der Waals surface area contributed by atoms with E-state index < -0.39 is 0 Å². The highest BCUT2D eigenvalue weighted by atomic mass is 16.2. The van der Waals surface area contributed by atoms with Crippen LogP contribution in [-0.2, 0) is 4.79 Å². The van der Waals surface area contributed by atoms with Gasteiger partial charge in [0.05, 0.1) is 0 Å². The van der Waals surface area contributed by atoms with Crippen LogP contribution in [0.15, 0.2) is 30.3 Å². The molecule has 1 saturated carbocycles. The third-order valence-electron chi connectivity index (χ3n) is 5.00. The first-order chi connectivity index (χ1) is 10.3. The van der Waals surface area contributed by atoms with Gasteiger partial charge in [0.2, 0.25) is 5.91 Å². The van der Waals surface area contributed by atoms with Gasteiger partial charge in [-0.1, -0.05) is 30.3 Å². The highest BCUT2D eigenvalue weighted by Crippen LogP contribution is 2.36. The van der Waals surface area contributed by atoms with Crippen LogP contribution >= 0.6 is 0 Å². The topological polar surface area (TPSA) is 32.3 Å². The van der Waals surface area contributed by atoms with Crippen LogP contribution in [0.4, 0.5) is 0 Å². The van der Waals surface area contributed by atoms with Crippen molar-refractivity contribution in [3.63, 3.8) is 0 Å². The van der Waals surface area contributed by atoms with Crippen molar-refractivity contribution >= 4 is 5.91 Å². The van der Waals surface area contributed by atoms with Crippen LogP contribution in [0.1, 0.15) is 43.6 Å². The molecule has 3 heteroatoms. The molecule has 1 aromatic rings. The Balaban J connectivity index is 1.54. The van der Waals surface area contributed by atoms with Crippen LogP contribution in [0.25, 0.3) is 0 Å². The zero-order valence-electron chi connectivity index (χ0n) is 12.8. The smallest absolute Gasteiger partial charge is 0.225 e. The van der Waals surface area contributed by atoms with E-state index in [0.29, 0.717) is 11.8 Å². The van der Waals surface area contributed by atoms with Crippen LogP contribution in [0, 0.1) is 5.92 Å². The van der Waals surface area contributed by atoms with Gasteiger partial charge >= 0.3 is 0 Å². The molecule has 0 aromatic heterocycles. The van der Waals surface area contributed by atoms with Gasteiger partial charge in [-0.05, 0) is 50.1 Å². The minimum atomic E-state index is 0.267. The van der Waals surface area contributed by atoms with Crippen molar-refractivity contribution in [2.45, 2.75) is 38.0 Å². The molecule has 1 aliphatic heterocycles. The molecular weight excluding hydrogens is 260 g/mol. The summed E-state index contributed by atoms with van der Waals surface area (Å²) in [5.74, 6) is 1.33. The number of amides is 1. The number of nitrogens with one attached hydrogen (secondary N) is 1. The Morgan fingerprint density at radius 1 is 1.00 bits per heavy atom. The average molecular weight is 286 g/mol. The van der Waals surface area contributed by atoms with E-state index in [-0.39, 0.29) is 5.92 Å². The van der Waals surface area contributed by atoms with E-state index in [1.54, 1.807) is 0 Å². The Morgan fingerprint density at radius 3 is 2.52 bits per heavy atom. The highest BCUT2D eigenvalue weighted by molar-refractivity contribution is 5.79. The summed E-state index contributed by atoms with van der Waals surface area (Å²) in [6.07, 6.45) is 5.52. The third-order valence-corrected chi connectivity index (χ3v) is 5.00. The first-order valence-corrected chi connectivity index (χ1v) is 8.39. The van der Waals surface area contributed by atoms with Gasteiger partial charge in [-0.15, -0.1) is 0 Å². The Morgan fingerprint density at radius 2 is 1.76 bits per heavy atom. The zero-order chi connectivity index (χ0) is 14.5. The minimum Gasteiger partial charge on any atom is -0.341 e. The SMILES string of the molecule is O=C(C1CCC(c2ccccc2)CC1)N1CCCNCC1. The lowest BCUT2D eigenvalue weighted by molar-refractivity contribution is -0.136. The second kappa shape index (κ2) is 7.08. The fourth-order valence-corrected chi connectivity index (χ4v) is 3.72. The van der Waals surface area contributed by atoms with Gasteiger partial charge in [0.25, 0.3) is 0 Å².